The van der Waals surface area contributed by atoms with E-state index < -0.39 is 6.71 Å². The van der Waals surface area contributed by atoms with E-state index in [9.17, 15) is 0 Å². The van der Waals surface area contributed by atoms with Crippen LogP contribution in [0.25, 0.3) is 74.8 Å². The predicted molar refractivity (Wildman–Crippen MR) is 447 cm³/mol. The summed E-state index contributed by atoms with van der Waals surface area (Å²) in [6.45, 7) is 13.4. The summed E-state index contributed by atoms with van der Waals surface area (Å²) in [4.78, 5) is 12.5. The SMILES string of the molecule is CC(C)(C)c1ccc(N2c3cc(N(c4ccc5oc6ccccc6c5c4)c4ccc5sc6ccccc6c5c4)ccc3B3c4c2cc(N(c2ccccc2)c2ccc5ccccc5c2)cc4N(c2ccc(C(C)(C)C)cc2)c2cc(N(c4ccccc4)c4ccccc4)c4c(oc5ccccc54)c23)cc1. The maximum absolute atomic E-state index is 7.76. The van der Waals surface area contributed by atoms with Crippen LogP contribution in [0.2, 0.25) is 0 Å². The van der Waals surface area contributed by atoms with Crippen molar-refractivity contribution in [3.63, 3.8) is 0 Å². The van der Waals surface area contributed by atoms with E-state index in [0.29, 0.717) is 0 Å². The van der Waals surface area contributed by atoms with Crippen LogP contribution in [-0.4, -0.2) is 6.71 Å². The van der Waals surface area contributed by atoms with Gasteiger partial charge in [0, 0.05) is 110 Å². The van der Waals surface area contributed by atoms with Gasteiger partial charge in [-0.1, -0.05) is 211 Å². The van der Waals surface area contributed by atoms with E-state index in [1.165, 1.54) is 42.1 Å². The lowest BCUT2D eigenvalue weighted by Crippen LogP contribution is -2.61. The zero-order valence-corrected chi connectivity index (χ0v) is 60.0. The monoisotopic (exact) mass is 1370 g/mol. The third-order valence-electron chi connectivity index (χ3n) is 21.6. The van der Waals surface area contributed by atoms with Gasteiger partial charge < -0.3 is 33.3 Å². The minimum absolute atomic E-state index is 0.107. The Hall–Kier alpha value is -12.6. The topological polar surface area (TPSA) is 42.5 Å². The van der Waals surface area contributed by atoms with Gasteiger partial charge in [-0.3, -0.25) is 0 Å². The molecule has 0 bridgehead atoms. The van der Waals surface area contributed by atoms with Crippen molar-refractivity contribution in [2.45, 2.75) is 52.4 Å². The van der Waals surface area contributed by atoms with E-state index in [4.69, 9.17) is 8.83 Å². The fourth-order valence-electron chi connectivity index (χ4n) is 16.6. The molecule has 5 heterocycles. The van der Waals surface area contributed by atoms with Crippen LogP contribution in [0.15, 0.2) is 336 Å². The second kappa shape index (κ2) is 24.0. The Morgan fingerprint density at radius 1 is 0.305 bits per heavy atom. The van der Waals surface area contributed by atoms with E-state index in [2.05, 4.69) is 394 Å². The summed E-state index contributed by atoms with van der Waals surface area (Å²) < 4.78 is 16.9. The maximum atomic E-state index is 7.76. The van der Waals surface area contributed by atoms with Crippen LogP contribution in [0.3, 0.4) is 0 Å². The molecular weight excluding hydrogens is 1300 g/mol. The molecule has 0 spiro atoms. The molecule has 105 heavy (non-hydrogen) atoms. The Morgan fingerprint density at radius 3 is 1.41 bits per heavy atom. The molecule has 15 aromatic carbocycles. The quantitative estimate of drug-likeness (QED) is 0.120. The molecular formula is C96H72BN5O2S. The molecule has 3 aromatic heterocycles. The van der Waals surface area contributed by atoms with Crippen molar-refractivity contribution in [3.8, 4) is 0 Å². The number of nitrogens with zero attached hydrogens (tertiary/aromatic N) is 5. The van der Waals surface area contributed by atoms with Gasteiger partial charge in [-0.15, -0.1) is 11.3 Å². The smallest absolute Gasteiger partial charge is 0.257 e. The number of thiophene rings is 1. The Balaban J connectivity index is 0.936. The van der Waals surface area contributed by atoms with E-state index in [0.717, 1.165) is 145 Å². The number of hydrogen-bond acceptors (Lipinski definition) is 8. The van der Waals surface area contributed by atoms with Crippen molar-refractivity contribution in [2.75, 3.05) is 24.5 Å². The van der Waals surface area contributed by atoms with Crippen LogP contribution >= 0.6 is 11.3 Å². The lowest BCUT2D eigenvalue weighted by atomic mass is 9.33. The molecule has 502 valence electrons. The largest absolute Gasteiger partial charge is 0.456 e. The summed E-state index contributed by atoms with van der Waals surface area (Å²) in [5.74, 6) is 0. The fourth-order valence-corrected chi connectivity index (χ4v) is 17.7. The van der Waals surface area contributed by atoms with Crippen LogP contribution in [0.4, 0.5) is 85.3 Å². The minimum atomic E-state index is -0.390. The summed E-state index contributed by atoms with van der Waals surface area (Å²) in [6, 6.07) is 121. The van der Waals surface area contributed by atoms with Crippen molar-refractivity contribution in [2.24, 2.45) is 0 Å². The molecule has 18 aromatic rings. The van der Waals surface area contributed by atoms with Gasteiger partial charge in [0.1, 0.15) is 22.3 Å². The summed E-state index contributed by atoms with van der Waals surface area (Å²) >= 11 is 1.84. The molecule has 0 N–H and O–H groups in total. The van der Waals surface area contributed by atoms with Gasteiger partial charge in [0.15, 0.2) is 0 Å². The first-order valence-corrected chi connectivity index (χ1v) is 37.1. The first-order chi connectivity index (χ1) is 51.3. The van der Waals surface area contributed by atoms with Gasteiger partial charge in [0.2, 0.25) is 0 Å². The molecule has 0 aliphatic carbocycles. The molecule has 20 rings (SSSR count). The van der Waals surface area contributed by atoms with Gasteiger partial charge in [-0.05, 0) is 207 Å². The molecule has 0 saturated heterocycles. The highest BCUT2D eigenvalue weighted by molar-refractivity contribution is 7.25. The third kappa shape index (κ3) is 10.2. The molecule has 0 unspecified atom stereocenters. The highest BCUT2D eigenvalue weighted by Crippen LogP contribution is 2.54. The number of para-hydroxylation sites is 5. The molecule has 0 atom stereocenters. The minimum Gasteiger partial charge on any atom is -0.456 e. The normalized spacial score (nSPS) is 12.8. The first kappa shape index (κ1) is 62.2. The summed E-state index contributed by atoms with van der Waals surface area (Å²) in [5.41, 5.74) is 24.5. The van der Waals surface area contributed by atoms with Crippen molar-refractivity contribution < 1.29 is 8.83 Å². The molecule has 0 amide bonds. The molecule has 0 radical (unpaired) electrons. The lowest BCUT2D eigenvalue weighted by molar-refractivity contribution is 0.590. The number of benzene rings is 15. The van der Waals surface area contributed by atoms with E-state index in [1.807, 2.05) is 11.3 Å². The second-order valence-corrected chi connectivity index (χ2v) is 31.2. The molecule has 2 aliphatic heterocycles. The Morgan fingerprint density at radius 2 is 0.762 bits per heavy atom. The summed E-state index contributed by atoms with van der Waals surface area (Å²) in [7, 11) is 0. The van der Waals surface area contributed by atoms with Gasteiger partial charge >= 0.3 is 0 Å². The number of fused-ring (bicyclic) bond motifs is 15. The zero-order valence-electron chi connectivity index (χ0n) is 59.2. The molecule has 0 saturated carbocycles. The van der Waals surface area contributed by atoms with Crippen LogP contribution in [0, 0.1) is 0 Å². The molecule has 7 nitrogen and oxygen atoms in total. The van der Waals surface area contributed by atoms with Crippen LogP contribution in [0.5, 0.6) is 0 Å². The van der Waals surface area contributed by atoms with Gasteiger partial charge in [0.05, 0.1) is 16.8 Å². The lowest BCUT2D eigenvalue weighted by Gasteiger charge is -2.45. The number of hydrogen-bond donors (Lipinski definition) is 0. The second-order valence-electron chi connectivity index (χ2n) is 30.1. The van der Waals surface area contributed by atoms with E-state index in [1.54, 1.807) is 0 Å². The average Bonchev–Trinajstić information content (AvgIpc) is 1.66. The van der Waals surface area contributed by atoms with Crippen molar-refractivity contribution in [1.82, 2.24) is 0 Å². The van der Waals surface area contributed by atoms with E-state index >= 15 is 0 Å². The zero-order chi connectivity index (χ0) is 70.4. The van der Waals surface area contributed by atoms with Gasteiger partial charge in [-0.2, -0.15) is 0 Å². The Kier molecular flexibility index (Phi) is 14.2. The number of anilines is 15. The van der Waals surface area contributed by atoms with Crippen molar-refractivity contribution >= 4 is 195 Å². The molecule has 2 aliphatic rings. The van der Waals surface area contributed by atoms with Crippen molar-refractivity contribution in [3.05, 3.63) is 339 Å². The predicted octanol–water partition coefficient (Wildman–Crippen LogP) is 26.1. The first-order valence-electron chi connectivity index (χ1n) is 36.3. The van der Waals surface area contributed by atoms with Crippen molar-refractivity contribution in [1.29, 1.82) is 0 Å². The standard InChI is InChI=1S/C96H72BN5O2S/c1-95(2,3)63-39-44-68(45-40-63)101-81-57-73(99(71-49-52-88-78(55-71)75-32-18-21-35-86(75)103-88)72-50-53-90-79(56-72)76-33-20-23-37-89(76)105-90)48-51-80(81)97-92-83(101)58-74(98(65-26-10-7-11-27-65)70-43-38-61-24-16-17-25-62(61)54-70)59-84(92)102(69-46-41-64(42-47-69)96(4,5)6)85-60-82(91-77-34-19-22-36-87(77)104-94(91)93(85)97)100(66-28-12-8-13-29-66)67-30-14-9-15-31-67/h7-60H,1-6H3. The molecule has 0 fully saturated rings. The number of furan rings is 2. The third-order valence-corrected chi connectivity index (χ3v) is 22.8. The van der Waals surface area contributed by atoms with Crippen LogP contribution in [-0.2, 0) is 10.8 Å². The van der Waals surface area contributed by atoms with Crippen LogP contribution in [0.1, 0.15) is 52.7 Å². The maximum Gasteiger partial charge on any atom is 0.257 e. The highest BCUT2D eigenvalue weighted by atomic mass is 32.1. The molecule has 9 heteroatoms. The highest BCUT2D eigenvalue weighted by Gasteiger charge is 2.47. The van der Waals surface area contributed by atoms with Crippen LogP contribution < -0.4 is 40.9 Å². The number of rotatable bonds is 11. The summed E-state index contributed by atoms with van der Waals surface area (Å²) in [5, 5.41) is 9.01. The van der Waals surface area contributed by atoms with E-state index in [-0.39, 0.29) is 10.8 Å². The van der Waals surface area contributed by atoms with Gasteiger partial charge in [0.25, 0.3) is 6.71 Å². The average molecular weight is 1370 g/mol. The Bertz CT molecular complexity index is 6320. The fraction of sp³-hybridized carbons (Fsp3) is 0.0833. The Labute approximate surface area is 615 Å². The van der Waals surface area contributed by atoms with Gasteiger partial charge in [-0.25, -0.2) is 0 Å². The summed E-state index contributed by atoms with van der Waals surface area (Å²) in [6.07, 6.45) is 0.